The molecule has 0 radical (unpaired) electrons. The van der Waals surface area contributed by atoms with Gasteiger partial charge in [0.25, 0.3) is 0 Å². The first-order valence-electron chi connectivity index (χ1n) is 5.98. The van der Waals surface area contributed by atoms with E-state index in [1.165, 1.54) is 4.88 Å². The van der Waals surface area contributed by atoms with Gasteiger partial charge in [-0.3, -0.25) is 0 Å². The van der Waals surface area contributed by atoms with Crippen molar-refractivity contribution >= 4 is 46.3 Å². The molecule has 2 rings (SSSR count). The third-order valence-corrected chi connectivity index (χ3v) is 5.69. The maximum atomic E-state index is 6.16. The van der Waals surface area contributed by atoms with E-state index >= 15 is 0 Å². The molecule has 0 saturated heterocycles. The molecule has 1 aromatic heterocycles. The van der Waals surface area contributed by atoms with E-state index in [1.54, 1.807) is 23.1 Å². The maximum Gasteiger partial charge on any atom is 0.0931 e. The van der Waals surface area contributed by atoms with Gasteiger partial charge in [0.15, 0.2) is 0 Å². The predicted molar refractivity (Wildman–Crippen MR) is 88.1 cm³/mol. The van der Waals surface area contributed by atoms with Crippen LogP contribution in [0.5, 0.6) is 0 Å². The smallest absolute Gasteiger partial charge is 0.0931 e. The standard InChI is InChI=1S/C14H15Cl2NS2/c1-17-10(8-11-6-7-14(16)19-11)9-18-13-5-3-2-4-12(13)15/h2-7,10,17H,8-9H2,1H3. The zero-order valence-corrected chi connectivity index (χ0v) is 13.7. The van der Waals surface area contributed by atoms with Crippen LogP contribution in [-0.2, 0) is 6.42 Å². The Morgan fingerprint density at radius 2 is 2.00 bits per heavy atom. The molecule has 19 heavy (non-hydrogen) atoms. The SMILES string of the molecule is CNC(CSc1ccccc1Cl)Cc1ccc(Cl)s1. The highest BCUT2D eigenvalue weighted by Gasteiger charge is 2.10. The van der Waals surface area contributed by atoms with Crippen molar-refractivity contribution in [3.63, 3.8) is 0 Å². The molecule has 0 bridgehead atoms. The largest absolute Gasteiger partial charge is 0.316 e. The minimum atomic E-state index is 0.413. The fraction of sp³-hybridized carbons (Fsp3) is 0.286. The van der Waals surface area contributed by atoms with Crippen molar-refractivity contribution in [2.75, 3.05) is 12.8 Å². The lowest BCUT2D eigenvalue weighted by Gasteiger charge is -2.15. The Balaban J connectivity index is 1.91. The first kappa shape index (κ1) is 15.2. The van der Waals surface area contributed by atoms with Crippen LogP contribution in [-0.4, -0.2) is 18.8 Å². The monoisotopic (exact) mass is 331 g/mol. The van der Waals surface area contributed by atoms with Crippen molar-refractivity contribution in [1.29, 1.82) is 0 Å². The topological polar surface area (TPSA) is 12.0 Å². The van der Waals surface area contributed by atoms with Crippen LogP contribution in [0.4, 0.5) is 0 Å². The molecular formula is C14H15Cl2NS2. The van der Waals surface area contributed by atoms with Gasteiger partial charge in [-0.25, -0.2) is 0 Å². The van der Waals surface area contributed by atoms with E-state index in [9.17, 15) is 0 Å². The molecule has 0 saturated carbocycles. The summed E-state index contributed by atoms with van der Waals surface area (Å²) in [5, 5.41) is 4.17. The Hall–Kier alpha value is -0.190. The van der Waals surface area contributed by atoms with Crippen molar-refractivity contribution in [2.45, 2.75) is 17.4 Å². The van der Waals surface area contributed by atoms with E-state index in [0.29, 0.717) is 6.04 Å². The van der Waals surface area contributed by atoms with Crippen LogP contribution in [0.3, 0.4) is 0 Å². The van der Waals surface area contributed by atoms with Gasteiger partial charge in [0.1, 0.15) is 0 Å². The number of hydrogen-bond donors (Lipinski definition) is 1. The van der Waals surface area contributed by atoms with E-state index in [2.05, 4.69) is 17.4 Å². The Morgan fingerprint density at radius 3 is 2.63 bits per heavy atom. The van der Waals surface area contributed by atoms with Gasteiger partial charge >= 0.3 is 0 Å². The number of thioether (sulfide) groups is 1. The normalized spacial score (nSPS) is 12.6. The lowest BCUT2D eigenvalue weighted by molar-refractivity contribution is 0.622. The first-order chi connectivity index (χ1) is 9.19. The highest BCUT2D eigenvalue weighted by atomic mass is 35.5. The molecule has 1 N–H and O–H groups in total. The molecule has 2 aromatic rings. The van der Waals surface area contributed by atoms with Gasteiger partial charge in [0.05, 0.1) is 9.36 Å². The molecule has 1 unspecified atom stereocenters. The number of rotatable bonds is 6. The summed E-state index contributed by atoms with van der Waals surface area (Å²) in [5.41, 5.74) is 0. The van der Waals surface area contributed by atoms with Gasteiger partial charge in [-0.05, 0) is 37.7 Å². The van der Waals surface area contributed by atoms with Gasteiger partial charge in [-0.1, -0.05) is 35.3 Å². The van der Waals surface area contributed by atoms with Crippen molar-refractivity contribution < 1.29 is 0 Å². The third-order valence-electron chi connectivity index (χ3n) is 2.76. The Bertz CT molecular complexity index is 528. The summed E-state index contributed by atoms with van der Waals surface area (Å²) in [5.74, 6) is 0.982. The van der Waals surface area contributed by atoms with Crippen molar-refractivity contribution in [1.82, 2.24) is 5.32 Å². The zero-order chi connectivity index (χ0) is 13.7. The van der Waals surface area contributed by atoms with Crippen molar-refractivity contribution in [2.24, 2.45) is 0 Å². The summed E-state index contributed by atoms with van der Waals surface area (Å²) < 4.78 is 0.851. The minimum Gasteiger partial charge on any atom is -0.316 e. The van der Waals surface area contributed by atoms with Gasteiger partial charge in [0, 0.05) is 21.6 Å². The molecule has 0 fully saturated rings. The molecule has 0 aliphatic rings. The van der Waals surface area contributed by atoms with E-state index in [-0.39, 0.29) is 0 Å². The number of thiophene rings is 1. The van der Waals surface area contributed by atoms with Crippen LogP contribution >= 0.6 is 46.3 Å². The third kappa shape index (κ3) is 4.69. The lowest BCUT2D eigenvalue weighted by atomic mass is 10.2. The fourth-order valence-corrected chi connectivity index (χ4v) is 4.21. The zero-order valence-electron chi connectivity index (χ0n) is 10.5. The van der Waals surface area contributed by atoms with Gasteiger partial charge in [-0.2, -0.15) is 0 Å². The van der Waals surface area contributed by atoms with E-state index < -0.39 is 0 Å². The van der Waals surface area contributed by atoms with Crippen LogP contribution in [0.25, 0.3) is 0 Å². The van der Waals surface area contributed by atoms with Gasteiger partial charge in [0.2, 0.25) is 0 Å². The minimum absolute atomic E-state index is 0.413. The molecule has 0 amide bonds. The molecule has 1 aromatic carbocycles. The van der Waals surface area contributed by atoms with Crippen LogP contribution in [0, 0.1) is 0 Å². The Morgan fingerprint density at radius 1 is 1.21 bits per heavy atom. The molecular weight excluding hydrogens is 317 g/mol. The maximum absolute atomic E-state index is 6.16. The molecule has 0 aliphatic carbocycles. The summed E-state index contributed by atoms with van der Waals surface area (Å²) in [4.78, 5) is 2.44. The molecule has 1 heterocycles. The average molecular weight is 332 g/mol. The summed E-state index contributed by atoms with van der Waals surface area (Å²) in [7, 11) is 1.99. The van der Waals surface area contributed by atoms with E-state index in [1.807, 2.05) is 31.3 Å². The summed E-state index contributed by atoms with van der Waals surface area (Å²) in [6, 6.07) is 12.4. The quantitative estimate of drug-likeness (QED) is 0.749. The lowest BCUT2D eigenvalue weighted by Crippen LogP contribution is -2.29. The molecule has 0 spiro atoms. The van der Waals surface area contributed by atoms with Crippen LogP contribution in [0.15, 0.2) is 41.3 Å². The summed E-state index contributed by atoms with van der Waals surface area (Å²) in [6.07, 6.45) is 0.991. The predicted octanol–water partition coefficient (Wildman–Crippen LogP) is 4.98. The fourth-order valence-electron chi connectivity index (χ4n) is 1.70. The number of halogens is 2. The van der Waals surface area contributed by atoms with Gasteiger partial charge < -0.3 is 5.32 Å². The second-order valence-corrected chi connectivity index (χ2v) is 7.41. The highest BCUT2D eigenvalue weighted by molar-refractivity contribution is 7.99. The summed E-state index contributed by atoms with van der Waals surface area (Å²) >= 11 is 15.5. The number of nitrogens with one attached hydrogen (secondary N) is 1. The number of likely N-dealkylation sites (N-methyl/N-ethyl adjacent to an activating group) is 1. The van der Waals surface area contributed by atoms with E-state index in [0.717, 1.165) is 26.4 Å². The Labute approximate surface area is 132 Å². The molecule has 1 nitrogen and oxygen atoms in total. The number of hydrogen-bond acceptors (Lipinski definition) is 3. The molecule has 5 heteroatoms. The van der Waals surface area contributed by atoms with Crippen LogP contribution in [0.2, 0.25) is 9.36 Å². The summed E-state index contributed by atoms with van der Waals surface area (Å²) in [6.45, 7) is 0. The first-order valence-corrected chi connectivity index (χ1v) is 8.53. The molecule has 0 aliphatic heterocycles. The second-order valence-electron chi connectivity index (χ2n) is 4.14. The second kappa shape index (κ2) is 7.55. The number of benzene rings is 1. The molecule has 1 atom stereocenters. The van der Waals surface area contributed by atoms with Crippen molar-refractivity contribution in [3.8, 4) is 0 Å². The highest BCUT2D eigenvalue weighted by Crippen LogP contribution is 2.28. The molecule has 102 valence electrons. The van der Waals surface area contributed by atoms with Crippen LogP contribution in [0.1, 0.15) is 4.88 Å². The van der Waals surface area contributed by atoms with E-state index in [4.69, 9.17) is 23.2 Å². The average Bonchev–Trinajstić information content (AvgIpc) is 2.81. The Kier molecular flexibility index (Phi) is 6.05. The van der Waals surface area contributed by atoms with Gasteiger partial charge in [-0.15, -0.1) is 23.1 Å². The van der Waals surface area contributed by atoms with Crippen LogP contribution < -0.4 is 5.32 Å². The van der Waals surface area contributed by atoms with Crippen molar-refractivity contribution in [3.05, 3.63) is 50.6 Å².